The number of nitrogens with one attached hydrogen (secondary N) is 1. The molecule has 2 atom stereocenters. The molecule has 1 heteroatoms. The lowest BCUT2D eigenvalue weighted by Gasteiger charge is -2.27. The summed E-state index contributed by atoms with van der Waals surface area (Å²) in [6.07, 6.45) is 6.99. The van der Waals surface area contributed by atoms with Gasteiger partial charge in [0.2, 0.25) is 0 Å². The Labute approximate surface area is 112 Å². The molecule has 0 heterocycles. The zero-order valence-electron chi connectivity index (χ0n) is 11.9. The summed E-state index contributed by atoms with van der Waals surface area (Å²) in [7, 11) is 0. The van der Waals surface area contributed by atoms with Gasteiger partial charge in [-0.25, -0.2) is 0 Å². The molecule has 0 bridgehead atoms. The van der Waals surface area contributed by atoms with Crippen LogP contribution in [0, 0.1) is 5.92 Å². The van der Waals surface area contributed by atoms with E-state index in [2.05, 4.69) is 49.5 Å². The van der Waals surface area contributed by atoms with Gasteiger partial charge in [0, 0.05) is 6.04 Å². The predicted molar refractivity (Wildman–Crippen MR) is 78.9 cm³/mol. The van der Waals surface area contributed by atoms with Crippen LogP contribution in [0.1, 0.15) is 57.4 Å². The Balaban J connectivity index is 2.07. The molecule has 18 heavy (non-hydrogen) atoms. The highest BCUT2D eigenvalue weighted by molar-refractivity contribution is 5.20. The van der Waals surface area contributed by atoms with Crippen molar-refractivity contribution in [3.63, 3.8) is 0 Å². The summed E-state index contributed by atoms with van der Waals surface area (Å²) in [5.74, 6) is 1.58. The molecule has 1 aliphatic rings. The molecular formula is C17H27N. The second-order valence-corrected chi connectivity index (χ2v) is 5.98. The van der Waals surface area contributed by atoms with Crippen molar-refractivity contribution in [2.24, 2.45) is 5.92 Å². The molecule has 1 aliphatic carbocycles. The molecule has 1 N–H and O–H groups in total. The third-order valence-corrected chi connectivity index (χ3v) is 4.18. The van der Waals surface area contributed by atoms with E-state index >= 15 is 0 Å². The van der Waals surface area contributed by atoms with Crippen LogP contribution in [0.15, 0.2) is 30.3 Å². The Kier molecular flexibility index (Phi) is 5.25. The van der Waals surface area contributed by atoms with Gasteiger partial charge in [-0.2, -0.15) is 0 Å². The standard InChI is InChI=1S/C17H27N/c1-14(2)18-13-16-11-7-4-8-12-17(16)15-9-5-3-6-10-15/h3,5-6,9-10,14,16-18H,4,7-8,11-13H2,1-2H3. The van der Waals surface area contributed by atoms with Crippen LogP contribution in [0.4, 0.5) is 0 Å². The van der Waals surface area contributed by atoms with Gasteiger partial charge in [-0.3, -0.25) is 0 Å². The van der Waals surface area contributed by atoms with Gasteiger partial charge in [-0.05, 0) is 36.8 Å². The smallest absolute Gasteiger partial charge is 0.00104 e. The highest BCUT2D eigenvalue weighted by Crippen LogP contribution is 2.36. The van der Waals surface area contributed by atoms with E-state index in [1.807, 2.05) is 0 Å². The van der Waals surface area contributed by atoms with Crippen LogP contribution >= 0.6 is 0 Å². The second-order valence-electron chi connectivity index (χ2n) is 5.98. The molecule has 0 radical (unpaired) electrons. The Bertz CT molecular complexity index is 331. The second kappa shape index (κ2) is 6.94. The molecule has 2 unspecified atom stereocenters. The molecule has 0 aromatic heterocycles. The molecule has 1 aromatic carbocycles. The van der Waals surface area contributed by atoms with E-state index in [4.69, 9.17) is 0 Å². The molecule has 1 fully saturated rings. The van der Waals surface area contributed by atoms with E-state index < -0.39 is 0 Å². The lowest BCUT2D eigenvalue weighted by atomic mass is 9.82. The topological polar surface area (TPSA) is 12.0 Å². The normalized spacial score (nSPS) is 25.1. The first kappa shape index (κ1) is 13.6. The Morgan fingerprint density at radius 3 is 2.50 bits per heavy atom. The van der Waals surface area contributed by atoms with Crippen molar-refractivity contribution in [2.75, 3.05) is 6.54 Å². The molecular weight excluding hydrogens is 218 g/mol. The maximum absolute atomic E-state index is 3.64. The van der Waals surface area contributed by atoms with Gasteiger partial charge in [0.25, 0.3) is 0 Å². The Morgan fingerprint density at radius 2 is 1.78 bits per heavy atom. The van der Waals surface area contributed by atoms with E-state index in [0.29, 0.717) is 6.04 Å². The fourth-order valence-corrected chi connectivity index (χ4v) is 3.15. The average molecular weight is 245 g/mol. The monoisotopic (exact) mass is 245 g/mol. The van der Waals surface area contributed by atoms with E-state index in [1.165, 1.54) is 38.6 Å². The van der Waals surface area contributed by atoms with Crippen molar-refractivity contribution in [3.05, 3.63) is 35.9 Å². The van der Waals surface area contributed by atoms with Crippen LogP contribution in [0.2, 0.25) is 0 Å². The Hall–Kier alpha value is -0.820. The fraction of sp³-hybridized carbons (Fsp3) is 0.647. The minimum Gasteiger partial charge on any atom is -0.314 e. The lowest BCUT2D eigenvalue weighted by molar-refractivity contribution is 0.363. The molecule has 1 nitrogen and oxygen atoms in total. The zero-order valence-corrected chi connectivity index (χ0v) is 11.9. The summed E-state index contributed by atoms with van der Waals surface area (Å²) in [6, 6.07) is 11.7. The maximum Gasteiger partial charge on any atom is 0.00104 e. The first-order chi connectivity index (χ1) is 8.77. The maximum atomic E-state index is 3.64. The fourth-order valence-electron chi connectivity index (χ4n) is 3.15. The number of hydrogen-bond donors (Lipinski definition) is 1. The molecule has 1 saturated carbocycles. The zero-order chi connectivity index (χ0) is 12.8. The SMILES string of the molecule is CC(C)NCC1CCCCCC1c1ccccc1. The lowest BCUT2D eigenvalue weighted by Crippen LogP contribution is -2.31. The minimum atomic E-state index is 0.602. The Morgan fingerprint density at radius 1 is 1.06 bits per heavy atom. The molecule has 100 valence electrons. The third-order valence-electron chi connectivity index (χ3n) is 4.18. The van der Waals surface area contributed by atoms with Crippen LogP contribution in [-0.4, -0.2) is 12.6 Å². The van der Waals surface area contributed by atoms with Crippen LogP contribution in [0.25, 0.3) is 0 Å². The van der Waals surface area contributed by atoms with E-state index in [9.17, 15) is 0 Å². The average Bonchev–Trinajstić information content (AvgIpc) is 2.62. The first-order valence-corrected chi connectivity index (χ1v) is 7.55. The highest BCUT2D eigenvalue weighted by atomic mass is 14.9. The summed E-state index contributed by atoms with van der Waals surface area (Å²) < 4.78 is 0. The van der Waals surface area contributed by atoms with Crippen molar-refractivity contribution >= 4 is 0 Å². The third kappa shape index (κ3) is 3.84. The van der Waals surface area contributed by atoms with Crippen molar-refractivity contribution in [3.8, 4) is 0 Å². The van der Waals surface area contributed by atoms with Gasteiger partial charge in [0.1, 0.15) is 0 Å². The van der Waals surface area contributed by atoms with Gasteiger partial charge in [0.15, 0.2) is 0 Å². The van der Waals surface area contributed by atoms with Crippen molar-refractivity contribution < 1.29 is 0 Å². The van der Waals surface area contributed by atoms with Gasteiger partial charge >= 0.3 is 0 Å². The van der Waals surface area contributed by atoms with Gasteiger partial charge in [0.05, 0.1) is 0 Å². The van der Waals surface area contributed by atoms with Crippen molar-refractivity contribution in [2.45, 2.75) is 57.9 Å². The predicted octanol–water partition coefficient (Wildman–Crippen LogP) is 4.35. The van der Waals surface area contributed by atoms with E-state index in [0.717, 1.165) is 11.8 Å². The molecule has 0 saturated heterocycles. The van der Waals surface area contributed by atoms with Gasteiger partial charge in [-0.15, -0.1) is 0 Å². The van der Waals surface area contributed by atoms with Crippen LogP contribution < -0.4 is 5.32 Å². The highest BCUT2D eigenvalue weighted by Gasteiger charge is 2.24. The van der Waals surface area contributed by atoms with Gasteiger partial charge in [-0.1, -0.05) is 63.4 Å². The van der Waals surface area contributed by atoms with Crippen molar-refractivity contribution in [1.29, 1.82) is 0 Å². The molecule has 2 rings (SSSR count). The summed E-state index contributed by atoms with van der Waals surface area (Å²) in [5.41, 5.74) is 1.55. The quantitative estimate of drug-likeness (QED) is 0.778. The van der Waals surface area contributed by atoms with Crippen LogP contribution in [0.5, 0.6) is 0 Å². The molecule has 1 aromatic rings. The molecule has 0 spiro atoms. The first-order valence-electron chi connectivity index (χ1n) is 7.55. The van der Waals surface area contributed by atoms with E-state index in [1.54, 1.807) is 5.56 Å². The summed E-state index contributed by atoms with van der Waals surface area (Å²) in [4.78, 5) is 0. The minimum absolute atomic E-state index is 0.602. The van der Waals surface area contributed by atoms with Gasteiger partial charge < -0.3 is 5.32 Å². The number of benzene rings is 1. The number of hydrogen-bond acceptors (Lipinski definition) is 1. The summed E-state index contributed by atoms with van der Waals surface area (Å²) >= 11 is 0. The molecule has 0 aliphatic heterocycles. The molecule has 0 amide bonds. The summed E-state index contributed by atoms with van der Waals surface area (Å²) in [6.45, 7) is 5.67. The summed E-state index contributed by atoms with van der Waals surface area (Å²) in [5, 5.41) is 3.64. The number of rotatable bonds is 4. The van der Waals surface area contributed by atoms with Crippen molar-refractivity contribution in [1.82, 2.24) is 5.32 Å². The van der Waals surface area contributed by atoms with Crippen LogP contribution in [0.3, 0.4) is 0 Å². The largest absolute Gasteiger partial charge is 0.314 e. The van der Waals surface area contributed by atoms with Crippen LogP contribution in [-0.2, 0) is 0 Å². The van der Waals surface area contributed by atoms with E-state index in [-0.39, 0.29) is 0 Å².